The van der Waals surface area contributed by atoms with Crippen molar-refractivity contribution in [3.63, 3.8) is 0 Å². The van der Waals surface area contributed by atoms with E-state index in [4.69, 9.17) is 11.6 Å². The zero-order valence-electron chi connectivity index (χ0n) is 14.7. The Morgan fingerprint density at radius 2 is 1.32 bits per heavy atom. The van der Waals surface area contributed by atoms with E-state index in [2.05, 4.69) is 0 Å². The number of anilines is 1. The number of rotatable bonds is 4. The normalized spacial score (nSPS) is 12.8. The molecule has 6 heteroatoms. The average molecular weight is 391 g/mol. The zero-order chi connectivity index (χ0) is 19.7. The maximum Gasteiger partial charge on any atom is 0.263 e. The van der Waals surface area contributed by atoms with Crippen LogP contribution in [0.25, 0.3) is 0 Å². The topological polar surface area (TPSA) is 57.7 Å². The van der Waals surface area contributed by atoms with Crippen LogP contribution in [-0.2, 0) is 0 Å². The molecular formula is C22H15ClN2O3. The summed E-state index contributed by atoms with van der Waals surface area (Å²) in [7, 11) is 0. The highest BCUT2D eigenvalue weighted by molar-refractivity contribution is 6.30. The number of benzene rings is 3. The lowest BCUT2D eigenvalue weighted by atomic mass is 10.1. The van der Waals surface area contributed by atoms with E-state index in [-0.39, 0.29) is 12.6 Å². The van der Waals surface area contributed by atoms with Crippen LogP contribution in [0.1, 0.15) is 31.1 Å². The SMILES string of the molecule is O=C1c2ccccc2C(=O)N1CN(C(=O)c1ccccc1)c1ccc(Cl)cc1. The van der Waals surface area contributed by atoms with Gasteiger partial charge >= 0.3 is 0 Å². The maximum absolute atomic E-state index is 13.1. The van der Waals surface area contributed by atoms with Gasteiger partial charge in [0.25, 0.3) is 17.7 Å². The van der Waals surface area contributed by atoms with Crippen molar-refractivity contribution in [2.75, 3.05) is 11.6 Å². The lowest BCUT2D eigenvalue weighted by molar-refractivity contribution is 0.0650. The number of carbonyl (C=O) groups excluding carboxylic acids is 3. The van der Waals surface area contributed by atoms with Gasteiger partial charge in [-0.2, -0.15) is 0 Å². The smallest absolute Gasteiger partial charge is 0.263 e. The van der Waals surface area contributed by atoms with Crippen LogP contribution in [0, 0.1) is 0 Å². The van der Waals surface area contributed by atoms with E-state index in [1.54, 1.807) is 72.8 Å². The summed E-state index contributed by atoms with van der Waals surface area (Å²) < 4.78 is 0. The third kappa shape index (κ3) is 3.17. The molecule has 0 saturated carbocycles. The Morgan fingerprint density at radius 3 is 1.89 bits per heavy atom. The number of imide groups is 1. The number of nitrogens with zero attached hydrogens (tertiary/aromatic N) is 2. The first-order valence-electron chi connectivity index (χ1n) is 8.64. The Morgan fingerprint density at radius 1 is 0.786 bits per heavy atom. The van der Waals surface area contributed by atoms with Gasteiger partial charge in [-0.05, 0) is 48.5 Å². The highest BCUT2D eigenvalue weighted by atomic mass is 35.5. The fraction of sp³-hybridized carbons (Fsp3) is 0.0455. The highest BCUT2D eigenvalue weighted by Crippen LogP contribution is 2.26. The van der Waals surface area contributed by atoms with Gasteiger partial charge in [-0.1, -0.05) is 41.9 Å². The van der Waals surface area contributed by atoms with Gasteiger partial charge in [-0.25, -0.2) is 0 Å². The molecule has 1 aliphatic heterocycles. The van der Waals surface area contributed by atoms with Crippen molar-refractivity contribution < 1.29 is 14.4 Å². The first-order chi connectivity index (χ1) is 13.6. The number of carbonyl (C=O) groups is 3. The first kappa shape index (κ1) is 17.9. The molecular weight excluding hydrogens is 376 g/mol. The summed E-state index contributed by atoms with van der Waals surface area (Å²) in [6.45, 7) is -0.193. The van der Waals surface area contributed by atoms with Gasteiger partial charge in [0.2, 0.25) is 0 Å². The Labute approximate surface area is 166 Å². The van der Waals surface area contributed by atoms with Crippen molar-refractivity contribution in [3.05, 3.63) is 101 Å². The summed E-state index contributed by atoms with van der Waals surface area (Å²) in [5, 5.41) is 0.525. The summed E-state index contributed by atoms with van der Waals surface area (Å²) in [5.41, 5.74) is 1.68. The molecule has 5 nitrogen and oxygen atoms in total. The summed E-state index contributed by atoms with van der Waals surface area (Å²) in [6, 6.07) is 22.0. The van der Waals surface area contributed by atoms with E-state index in [0.717, 1.165) is 4.90 Å². The van der Waals surface area contributed by atoms with E-state index in [9.17, 15) is 14.4 Å². The number of hydrogen-bond acceptors (Lipinski definition) is 3. The molecule has 1 heterocycles. The Hall–Kier alpha value is -3.44. The monoisotopic (exact) mass is 390 g/mol. The largest absolute Gasteiger partial charge is 0.290 e. The predicted molar refractivity (Wildman–Crippen MR) is 107 cm³/mol. The molecule has 0 N–H and O–H groups in total. The van der Waals surface area contributed by atoms with Crippen LogP contribution in [-0.4, -0.2) is 29.3 Å². The minimum atomic E-state index is -0.416. The number of fused-ring (bicyclic) bond motifs is 1. The van der Waals surface area contributed by atoms with E-state index in [1.807, 2.05) is 6.07 Å². The molecule has 1 aliphatic rings. The van der Waals surface area contributed by atoms with Gasteiger partial charge in [-0.3, -0.25) is 24.2 Å². The van der Waals surface area contributed by atoms with Gasteiger partial charge in [0.05, 0.1) is 11.1 Å². The van der Waals surface area contributed by atoms with Crippen LogP contribution in [0.3, 0.4) is 0 Å². The number of hydrogen-bond donors (Lipinski definition) is 0. The van der Waals surface area contributed by atoms with Crippen LogP contribution >= 0.6 is 11.6 Å². The molecule has 0 saturated heterocycles. The summed E-state index contributed by atoms with van der Waals surface area (Å²) in [5.74, 6) is -1.15. The van der Waals surface area contributed by atoms with Crippen molar-refractivity contribution in [1.82, 2.24) is 4.90 Å². The van der Waals surface area contributed by atoms with E-state index < -0.39 is 11.8 Å². The average Bonchev–Trinajstić information content (AvgIpc) is 2.98. The fourth-order valence-electron chi connectivity index (χ4n) is 3.13. The molecule has 138 valence electrons. The second-order valence-electron chi connectivity index (χ2n) is 6.30. The molecule has 0 aliphatic carbocycles. The second kappa shape index (κ2) is 7.29. The molecule has 3 aromatic rings. The van der Waals surface area contributed by atoms with E-state index >= 15 is 0 Å². The lowest BCUT2D eigenvalue weighted by Crippen LogP contribution is -2.44. The van der Waals surface area contributed by atoms with Crippen molar-refractivity contribution in [1.29, 1.82) is 0 Å². The van der Waals surface area contributed by atoms with Crippen LogP contribution in [0.5, 0.6) is 0 Å². The summed E-state index contributed by atoms with van der Waals surface area (Å²) >= 11 is 5.97. The van der Waals surface area contributed by atoms with Gasteiger partial charge in [0.15, 0.2) is 0 Å². The molecule has 0 fully saturated rings. The Balaban J connectivity index is 1.71. The Kier molecular flexibility index (Phi) is 4.67. The molecule has 3 amide bonds. The van der Waals surface area contributed by atoms with Crippen molar-refractivity contribution in [2.45, 2.75) is 0 Å². The second-order valence-corrected chi connectivity index (χ2v) is 6.74. The molecule has 3 aromatic carbocycles. The van der Waals surface area contributed by atoms with E-state index in [0.29, 0.717) is 27.4 Å². The van der Waals surface area contributed by atoms with Crippen LogP contribution in [0.2, 0.25) is 5.02 Å². The van der Waals surface area contributed by atoms with Gasteiger partial charge in [-0.15, -0.1) is 0 Å². The van der Waals surface area contributed by atoms with Crippen LogP contribution in [0.4, 0.5) is 5.69 Å². The molecule has 0 aromatic heterocycles. The van der Waals surface area contributed by atoms with Crippen LogP contribution in [0.15, 0.2) is 78.9 Å². The molecule has 0 spiro atoms. The van der Waals surface area contributed by atoms with Crippen molar-refractivity contribution in [3.8, 4) is 0 Å². The first-order valence-corrected chi connectivity index (χ1v) is 9.02. The third-order valence-electron chi connectivity index (χ3n) is 4.57. The summed E-state index contributed by atoms with van der Waals surface area (Å²) in [6.07, 6.45) is 0. The minimum absolute atomic E-state index is 0.193. The van der Waals surface area contributed by atoms with Gasteiger partial charge < -0.3 is 0 Å². The maximum atomic E-state index is 13.1. The van der Waals surface area contributed by atoms with Crippen molar-refractivity contribution >= 4 is 35.0 Å². The standard InChI is InChI=1S/C22H15ClN2O3/c23-16-10-12-17(13-11-16)24(20(26)15-6-2-1-3-7-15)14-25-21(27)18-8-4-5-9-19(18)22(25)28/h1-13H,14H2. The van der Waals surface area contributed by atoms with E-state index in [1.165, 1.54) is 4.90 Å². The van der Waals surface area contributed by atoms with Crippen molar-refractivity contribution in [2.24, 2.45) is 0 Å². The summed E-state index contributed by atoms with van der Waals surface area (Å²) in [4.78, 5) is 41.1. The Bertz CT molecular complexity index is 1030. The van der Waals surface area contributed by atoms with Crippen LogP contribution < -0.4 is 4.90 Å². The zero-order valence-corrected chi connectivity index (χ0v) is 15.5. The molecule has 4 rings (SSSR count). The highest BCUT2D eigenvalue weighted by Gasteiger charge is 2.37. The third-order valence-corrected chi connectivity index (χ3v) is 4.82. The lowest BCUT2D eigenvalue weighted by Gasteiger charge is -2.27. The molecule has 0 bridgehead atoms. The molecule has 0 atom stereocenters. The molecule has 0 unspecified atom stereocenters. The number of halogens is 1. The fourth-order valence-corrected chi connectivity index (χ4v) is 3.26. The molecule has 0 radical (unpaired) electrons. The molecule has 28 heavy (non-hydrogen) atoms. The van der Waals surface area contributed by atoms with Gasteiger partial charge in [0.1, 0.15) is 6.67 Å². The quantitative estimate of drug-likeness (QED) is 0.626. The predicted octanol–water partition coefficient (Wildman–Crippen LogP) is 4.24. The van der Waals surface area contributed by atoms with Gasteiger partial charge in [0, 0.05) is 16.3 Å². The number of amides is 3. The minimum Gasteiger partial charge on any atom is -0.290 e.